The van der Waals surface area contributed by atoms with Gasteiger partial charge < -0.3 is 0 Å². The molecule has 14 heavy (non-hydrogen) atoms. The van der Waals surface area contributed by atoms with Crippen LogP contribution in [0.4, 0.5) is 0 Å². The van der Waals surface area contributed by atoms with Crippen molar-refractivity contribution in [3.63, 3.8) is 0 Å². The lowest BCUT2D eigenvalue weighted by Gasteiger charge is -2.11. The molecular weight excluding hydrogens is 196 g/mol. The van der Waals surface area contributed by atoms with Crippen molar-refractivity contribution in [3.05, 3.63) is 34.9 Å². The number of hydrogen-bond acceptors (Lipinski definition) is 1. The van der Waals surface area contributed by atoms with Gasteiger partial charge in [-0.1, -0.05) is 25.1 Å². The maximum Gasteiger partial charge on any atom is 0.222 e. The third-order valence-corrected chi connectivity index (χ3v) is 2.72. The van der Waals surface area contributed by atoms with E-state index in [0.717, 1.165) is 0 Å². The van der Waals surface area contributed by atoms with Crippen LogP contribution in [0.25, 0.3) is 0 Å². The van der Waals surface area contributed by atoms with Crippen LogP contribution in [-0.2, 0) is 4.79 Å². The first kappa shape index (κ1) is 11.3. The average Bonchev–Trinajstić information content (AvgIpc) is 2.08. The summed E-state index contributed by atoms with van der Waals surface area (Å²) >= 11 is 5.35. The van der Waals surface area contributed by atoms with Crippen molar-refractivity contribution in [2.24, 2.45) is 0 Å². The van der Waals surface area contributed by atoms with E-state index >= 15 is 0 Å². The first-order chi connectivity index (χ1) is 6.50. The van der Waals surface area contributed by atoms with Crippen molar-refractivity contribution in [1.82, 2.24) is 0 Å². The van der Waals surface area contributed by atoms with Gasteiger partial charge >= 0.3 is 0 Å². The van der Waals surface area contributed by atoms with Gasteiger partial charge in [-0.05, 0) is 48.1 Å². The molecule has 0 amide bonds. The van der Waals surface area contributed by atoms with Crippen LogP contribution in [0.3, 0.4) is 0 Å². The molecule has 0 saturated heterocycles. The van der Waals surface area contributed by atoms with Crippen LogP contribution in [0.5, 0.6) is 0 Å². The van der Waals surface area contributed by atoms with E-state index in [4.69, 9.17) is 11.6 Å². The van der Waals surface area contributed by atoms with E-state index in [0.29, 0.717) is 6.42 Å². The van der Waals surface area contributed by atoms with Crippen LogP contribution in [-0.4, -0.2) is 5.24 Å². The van der Waals surface area contributed by atoms with Crippen molar-refractivity contribution < 1.29 is 4.79 Å². The van der Waals surface area contributed by atoms with E-state index in [1.807, 2.05) is 6.92 Å². The highest BCUT2D eigenvalue weighted by Crippen LogP contribution is 2.22. The maximum atomic E-state index is 10.7. The molecule has 0 spiro atoms. The quantitative estimate of drug-likeness (QED) is 0.698. The summed E-state index contributed by atoms with van der Waals surface area (Å²) in [6, 6.07) is 6.27. The number of carbonyl (C=O) groups is 1. The Labute approximate surface area is 90.1 Å². The Hall–Kier alpha value is -0.820. The molecule has 2 heteroatoms. The fourth-order valence-electron chi connectivity index (χ4n) is 1.43. The molecule has 0 radical (unpaired) electrons. The van der Waals surface area contributed by atoms with Crippen LogP contribution >= 0.6 is 11.6 Å². The van der Waals surface area contributed by atoms with Gasteiger partial charge in [0.05, 0.1) is 0 Å². The molecule has 0 heterocycles. The minimum atomic E-state index is -0.268. The molecule has 0 fully saturated rings. The molecule has 0 aliphatic heterocycles. The second kappa shape index (κ2) is 4.61. The molecule has 1 rings (SSSR count). The molecule has 1 nitrogen and oxygen atoms in total. The average molecular weight is 211 g/mol. The topological polar surface area (TPSA) is 17.1 Å². The van der Waals surface area contributed by atoms with Crippen LogP contribution < -0.4 is 0 Å². The molecule has 1 atom stereocenters. The van der Waals surface area contributed by atoms with Crippen LogP contribution in [0.1, 0.15) is 36.0 Å². The normalized spacial score (nSPS) is 12.6. The number of hydrogen-bond donors (Lipinski definition) is 0. The highest BCUT2D eigenvalue weighted by molar-refractivity contribution is 6.63. The Morgan fingerprint density at radius 3 is 2.50 bits per heavy atom. The summed E-state index contributed by atoms with van der Waals surface area (Å²) in [5, 5.41) is -0.268. The van der Waals surface area contributed by atoms with Crippen molar-refractivity contribution in [3.8, 4) is 0 Å². The standard InChI is InChI=1S/C12H15ClO/c1-8-4-5-11(6-9(8)2)10(3)7-12(13)14/h4-6,10H,7H2,1-3H3. The Bertz CT molecular complexity index is 344. The molecule has 0 aromatic heterocycles. The van der Waals surface area contributed by atoms with Crippen LogP contribution in [0, 0.1) is 13.8 Å². The highest BCUT2D eigenvalue weighted by atomic mass is 35.5. The lowest BCUT2D eigenvalue weighted by molar-refractivity contribution is -0.111. The molecule has 1 aromatic rings. The van der Waals surface area contributed by atoms with Crippen molar-refractivity contribution >= 4 is 16.8 Å². The summed E-state index contributed by atoms with van der Waals surface area (Å²) in [4.78, 5) is 10.7. The van der Waals surface area contributed by atoms with E-state index in [9.17, 15) is 4.79 Å². The molecular formula is C12H15ClO. The van der Waals surface area contributed by atoms with Gasteiger partial charge in [0.1, 0.15) is 0 Å². The molecule has 0 saturated carbocycles. The molecule has 1 unspecified atom stereocenters. The predicted molar refractivity (Wildman–Crippen MR) is 59.8 cm³/mol. The number of rotatable bonds is 3. The van der Waals surface area contributed by atoms with Gasteiger partial charge in [-0.3, -0.25) is 4.79 Å². The zero-order valence-corrected chi connectivity index (χ0v) is 9.56. The third-order valence-electron chi connectivity index (χ3n) is 2.57. The number of halogens is 1. The molecule has 0 aliphatic rings. The summed E-state index contributed by atoms with van der Waals surface area (Å²) in [7, 11) is 0. The minimum absolute atomic E-state index is 0.208. The largest absolute Gasteiger partial charge is 0.281 e. The lowest BCUT2D eigenvalue weighted by Crippen LogP contribution is -1.99. The molecule has 0 aliphatic carbocycles. The number of carbonyl (C=O) groups excluding carboxylic acids is 1. The zero-order valence-electron chi connectivity index (χ0n) is 8.80. The highest BCUT2D eigenvalue weighted by Gasteiger charge is 2.09. The zero-order chi connectivity index (χ0) is 10.7. The van der Waals surface area contributed by atoms with E-state index in [1.54, 1.807) is 0 Å². The number of aryl methyl sites for hydroxylation is 2. The van der Waals surface area contributed by atoms with E-state index < -0.39 is 0 Å². The van der Waals surface area contributed by atoms with E-state index in [1.165, 1.54) is 16.7 Å². The third kappa shape index (κ3) is 2.85. The minimum Gasteiger partial charge on any atom is -0.281 e. The Kier molecular flexibility index (Phi) is 3.70. The van der Waals surface area contributed by atoms with Gasteiger partial charge in [0.15, 0.2) is 0 Å². The summed E-state index contributed by atoms with van der Waals surface area (Å²) in [6.45, 7) is 6.18. The van der Waals surface area contributed by atoms with Crippen molar-refractivity contribution in [2.45, 2.75) is 33.1 Å². The Morgan fingerprint density at radius 1 is 1.36 bits per heavy atom. The number of benzene rings is 1. The SMILES string of the molecule is Cc1ccc(C(C)CC(=O)Cl)cc1C. The monoisotopic (exact) mass is 210 g/mol. The smallest absolute Gasteiger partial charge is 0.222 e. The molecule has 0 bridgehead atoms. The van der Waals surface area contributed by atoms with Crippen LogP contribution in [0.2, 0.25) is 0 Å². The van der Waals surface area contributed by atoms with Gasteiger partial charge in [0.25, 0.3) is 0 Å². The fourth-order valence-corrected chi connectivity index (χ4v) is 1.66. The van der Waals surface area contributed by atoms with Crippen molar-refractivity contribution in [2.75, 3.05) is 0 Å². The maximum absolute atomic E-state index is 10.7. The lowest BCUT2D eigenvalue weighted by atomic mass is 9.95. The predicted octanol–water partition coefficient (Wildman–Crippen LogP) is 3.56. The van der Waals surface area contributed by atoms with Gasteiger partial charge in [0.2, 0.25) is 5.24 Å². The van der Waals surface area contributed by atoms with E-state index in [2.05, 4.69) is 32.0 Å². The van der Waals surface area contributed by atoms with Crippen molar-refractivity contribution in [1.29, 1.82) is 0 Å². The summed E-state index contributed by atoms with van der Waals surface area (Å²) < 4.78 is 0. The van der Waals surface area contributed by atoms with Gasteiger partial charge in [-0.2, -0.15) is 0 Å². The summed E-state index contributed by atoms with van der Waals surface area (Å²) in [5.74, 6) is 0.208. The molecule has 1 aromatic carbocycles. The first-order valence-corrected chi connectivity index (χ1v) is 5.14. The Morgan fingerprint density at radius 2 is 2.00 bits per heavy atom. The summed E-state index contributed by atoms with van der Waals surface area (Å²) in [5.41, 5.74) is 3.72. The second-order valence-corrected chi connectivity index (χ2v) is 4.23. The Balaban J connectivity index is 2.85. The first-order valence-electron chi connectivity index (χ1n) is 4.76. The van der Waals surface area contributed by atoms with Gasteiger partial charge in [0, 0.05) is 6.42 Å². The summed E-state index contributed by atoms with van der Waals surface area (Å²) in [6.07, 6.45) is 0.407. The fraction of sp³-hybridized carbons (Fsp3) is 0.417. The van der Waals surface area contributed by atoms with Crippen LogP contribution in [0.15, 0.2) is 18.2 Å². The van der Waals surface area contributed by atoms with Gasteiger partial charge in [-0.25, -0.2) is 0 Å². The van der Waals surface area contributed by atoms with Gasteiger partial charge in [-0.15, -0.1) is 0 Å². The van der Waals surface area contributed by atoms with E-state index in [-0.39, 0.29) is 11.2 Å². The molecule has 76 valence electrons. The second-order valence-electron chi connectivity index (χ2n) is 3.80. The molecule has 0 N–H and O–H groups in total.